The van der Waals surface area contributed by atoms with Crippen molar-refractivity contribution in [2.24, 2.45) is 11.8 Å². The molecule has 1 aliphatic carbocycles. The summed E-state index contributed by atoms with van der Waals surface area (Å²) in [5.74, 6) is 3.99. The van der Waals surface area contributed by atoms with Crippen LogP contribution in [0.25, 0.3) is 0 Å². The van der Waals surface area contributed by atoms with Gasteiger partial charge in [0.25, 0.3) is 0 Å². The van der Waals surface area contributed by atoms with E-state index in [9.17, 15) is 5.11 Å². The average Bonchev–Trinajstić information content (AvgIpc) is 3.29. The standard InChI is InChI=1S/C19H21N3O4/c23-15-6-12-9-22(19-2-1-5-20-21-19)10-13(12)7-17(15)26-14-3-4-16-18(8-14)25-11-24-16/h1-5,8,12-13,15,17,23H,6-7,9-11H2/t12-,13+,15+,17+/m0/s1. The number of aliphatic hydroxyl groups is 1. The maximum absolute atomic E-state index is 10.6. The lowest BCUT2D eigenvalue weighted by Gasteiger charge is -2.35. The third-order valence-electron chi connectivity index (χ3n) is 5.60. The number of hydrogen-bond acceptors (Lipinski definition) is 7. The van der Waals surface area contributed by atoms with Gasteiger partial charge in [0.1, 0.15) is 11.9 Å². The summed E-state index contributed by atoms with van der Waals surface area (Å²) in [4.78, 5) is 2.26. The van der Waals surface area contributed by atoms with Crippen LogP contribution in [0.5, 0.6) is 17.2 Å². The van der Waals surface area contributed by atoms with E-state index in [0.29, 0.717) is 23.3 Å². The number of anilines is 1. The maximum Gasteiger partial charge on any atom is 0.231 e. The van der Waals surface area contributed by atoms with E-state index >= 15 is 0 Å². The van der Waals surface area contributed by atoms with Crippen molar-refractivity contribution in [3.63, 3.8) is 0 Å². The van der Waals surface area contributed by atoms with Crippen LogP contribution in [0.15, 0.2) is 36.5 Å². The van der Waals surface area contributed by atoms with Crippen molar-refractivity contribution in [3.8, 4) is 17.2 Å². The lowest BCUT2D eigenvalue weighted by atomic mass is 9.78. The average molecular weight is 355 g/mol. The molecular formula is C19H21N3O4. The third kappa shape index (κ3) is 2.82. The van der Waals surface area contributed by atoms with E-state index in [1.807, 2.05) is 30.3 Å². The van der Waals surface area contributed by atoms with Gasteiger partial charge in [-0.2, -0.15) is 5.10 Å². The first-order valence-electron chi connectivity index (χ1n) is 9.03. The fourth-order valence-electron chi connectivity index (χ4n) is 4.29. The van der Waals surface area contributed by atoms with Gasteiger partial charge in [-0.25, -0.2) is 0 Å². The van der Waals surface area contributed by atoms with Crippen molar-refractivity contribution >= 4 is 5.82 Å². The van der Waals surface area contributed by atoms with Crippen molar-refractivity contribution in [2.75, 3.05) is 24.8 Å². The Kier molecular flexibility index (Phi) is 3.81. The van der Waals surface area contributed by atoms with Crippen LogP contribution in [-0.2, 0) is 0 Å². The molecule has 136 valence electrons. The molecule has 1 aromatic heterocycles. The minimum Gasteiger partial charge on any atom is -0.488 e. The first kappa shape index (κ1) is 15.7. The zero-order valence-electron chi connectivity index (χ0n) is 14.3. The van der Waals surface area contributed by atoms with Gasteiger partial charge >= 0.3 is 0 Å². The maximum atomic E-state index is 10.6. The fourth-order valence-corrected chi connectivity index (χ4v) is 4.29. The summed E-state index contributed by atoms with van der Waals surface area (Å²) < 4.78 is 16.8. The summed E-state index contributed by atoms with van der Waals surface area (Å²) in [6.45, 7) is 2.08. The quantitative estimate of drug-likeness (QED) is 0.900. The van der Waals surface area contributed by atoms with Crippen molar-refractivity contribution in [2.45, 2.75) is 25.0 Å². The fraction of sp³-hybridized carbons (Fsp3) is 0.474. The SMILES string of the molecule is O[C@@H]1C[C@H]2CN(c3cccnn3)C[C@H]2C[C@H]1Oc1ccc2c(c1)OCO2. The Morgan fingerprint density at radius 3 is 2.77 bits per heavy atom. The molecular weight excluding hydrogens is 334 g/mol. The van der Waals surface area contributed by atoms with Crippen LogP contribution in [0.4, 0.5) is 5.82 Å². The largest absolute Gasteiger partial charge is 0.488 e. The van der Waals surface area contributed by atoms with E-state index < -0.39 is 6.10 Å². The summed E-state index contributed by atoms with van der Waals surface area (Å²) >= 11 is 0. The normalized spacial score (nSPS) is 29.5. The lowest BCUT2D eigenvalue weighted by molar-refractivity contribution is -0.0232. The molecule has 0 bridgehead atoms. The molecule has 1 N–H and O–H groups in total. The number of aliphatic hydroxyl groups excluding tert-OH is 1. The molecule has 5 rings (SSSR count). The number of hydrogen-bond donors (Lipinski definition) is 1. The molecule has 2 aromatic rings. The predicted molar refractivity (Wildman–Crippen MR) is 93.4 cm³/mol. The van der Waals surface area contributed by atoms with Gasteiger partial charge in [-0.15, -0.1) is 5.10 Å². The second-order valence-electron chi connectivity index (χ2n) is 7.22. The molecule has 2 fully saturated rings. The van der Waals surface area contributed by atoms with E-state index in [1.54, 1.807) is 6.20 Å². The number of fused-ring (bicyclic) bond motifs is 2. The highest BCUT2D eigenvalue weighted by atomic mass is 16.7. The molecule has 1 saturated heterocycles. The van der Waals surface area contributed by atoms with Crippen LogP contribution >= 0.6 is 0 Å². The van der Waals surface area contributed by atoms with E-state index in [2.05, 4.69) is 15.1 Å². The molecule has 1 saturated carbocycles. The summed E-state index contributed by atoms with van der Waals surface area (Å²) in [7, 11) is 0. The molecule has 7 nitrogen and oxygen atoms in total. The summed E-state index contributed by atoms with van der Waals surface area (Å²) in [6.07, 6.45) is 2.58. The van der Waals surface area contributed by atoms with Gasteiger partial charge in [0, 0.05) is 25.4 Å². The van der Waals surface area contributed by atoms with E-state index in [0.717, 1.165) is 37.5 Å². The number of rotatable bonds is 3. The highest BCUT2D eigenvalue weighted by Gasteiger charge is 2.43. The summed E-state index contributed by atoms with van der Waals surface area (Å²) in [5, 5.41) is 18.8. The molecule has 0 radical (unpaired) electrons. The molecule has 0 unspecified atom stereocenters. The van der Waals surface area contributed by atoms with Crippen LogP contribution in [0, 0.1) is 11.8 Å². The predicted octanol–water partition coefficient (Wildman–Crippen LogP) is 1.86. The van der Waals surface area contributed by atoms with Crippen LogP contribution in [-0.4, -0.2) is 47.4 Å². The van der Waals surface area contributed by atoms with Crippen molar-refractivity contribution < 1.29 is 19.3 Å². The highest BCUT2D eigenvalue weighted by Crippen LogP contribution is 2.40. The highest BCUT2D eigenvalue weighted by molar-refractivity contribution is 5.47. The zero-order chi connectivity index (χ0) is 17.5. The molecule has 7 heteroatoms. The lowest BCUT2D eigenvalue weighted by Crippen LogP contribution is -2.42. The van der Waals surface area contributed by atoms with Crippen LogP contribution in [0.1, 0.15) is 12.8 Å². The minimum atomic E-state index is -0.469. The summed E-state index contributed by atoms with van der Waals surface area (Å²) in [6, 6.07) is 9.45. The number of nitrogens with zero attached hydrogens (tertiary/aromatic N) is 3. The van der Waals surface area contributed by atoms with Crippen molar-refractivity contribution in [1.82, 2.24) is 10.2 Å². The number of aromatic nitrogens is 2. The molecule has 1 aromatic carbocycles. The number of ether oxygens (including phenoxy) is 3. The van der Waals surface area contributed by atoms with Gasteiger partial charge in [0.15, 0.2) is 17.3 Å². The summed E-state index contributed by atoms with van der Waals surface area (Å²) in [5.41, 5.74) is 0. The van der Waals surface area contributed by atoms with Gasteiger partial charge in [-0.1, -0.05) is 0 Å². The van der Waals surface area contributed by atoms with Crippen LogP contribution in [0.2, 0.25) is 0 Å². The van der Waals surface area contributed by atoms with E-state index in [1.165, 1.54) is 0 Å². The van der Waals surface area contributed by atoms with Crippen molar-refractivity contribution in [1.29, 1.82) is 0 Å². The van der Waals surface area contributed by atoms with Gasteiger partial charge in [-0.3, -0.25) is 0 Å². The van der Waals surface area contributed by atoms with Gasteiger partial charge < -0.3 is 24.2 Å². The minimum absolute atomic E-state index is 0.210. The third-order valence-corrected chi connectivity index (χ3v) is 5.60. The van der Waals surface area contributed by atoms with E-state index in [4.69, 9.17) is 14.2 Å². The molecule has 0 amide bonds. The Bertz CT molecular complexity index is 788. The Hall–Kier alpha value is -2.54. The first-order valence-corrected chi connectivity index (χ1v) is 9.03. The zero-order valence-corrected chi connectivity index (χ0v) is 14.3. The smallest absolute Gasteiger partial charge is 0.231 e. The second-order valence-corrected chi connectivity index (χ2v) is 7.22. The Balaban J connectivity index is 1.28. The van der Waals surface area contributed by atoms with E-state index in [-0.39, 0.29) is 12.9 Å². The molecule has 3 heterocycles. The Labute approximate surface area is 151 Å². The number of benzene rings is 1. The Morgan fingerprint density at radius 2 is 1.92 bits per heavy atom. The molecule has 4 atom stereocenters. The second kappa shape index (κ2) is 6.32. The molecule has 26 heavy (non-hydrogen) atoms. The van der Waals surface area contributed by atoms with Crippen LogP contribution in [0.3, 0.4) is 0 Å². The first-order chi connectivity index (χ1) is 12.8. The van der Waals surface area contributed by atoms with Gasteiger partial charge in [0.05, 0.1) is 6.10 Å². The topological polar surface area (TPSA) is 76.9 Å². The molecule has 0 spiro atoms. The monoisotopic (exact) mass is 355 g/mol. The molecule has 2 aliphatic heterocycles. The van der Waals surface area contributed by atoms with Crippen molar-refractivity contribution in [3.05, 3.63) is 36.5 Å². The van der Waals surface area contributed by atoms with Gasteiger partial charge in [0.2, 0.25) is 6.79 Å². The van der Waals surface area contributed by atoms with Gasteiger partial charge in [-0.05, 0) is 48.9 Å². The Morgan fingerprint density at radius 1 is 1.08 bits per heavy atom. The van der Waals surface area contributed by atoms with Crippen LogP contribution < -0.4 is 19.1 Å². The molecule has 3 aliphatic rings.